The Morgan fingerprint density at radius 1 is 1.21 bits per heavy atom. The molecule has 33 heavy (non-hydrogen) atoms. The van der Waals surface area contributed by atoms with Gasteiger partial charge in [-0.1, -0.05) is 12.1 Å². The van der Waals surface area contributed by atoms with Crippen LogP contribution in [0.3, 0.4) is 0 Å². The van der Waals surface area contributed by atoms with Gasteiger partial charge in [0.25, 0.3) is 17.7 Å². The Hall–Kier alpha value is -4.45. The van der Waals surface area contributed by atoms with Gasteiger partial charge in [0.1, 0.15) is 11.3 Å². The minimum absolute atomic E-state index is 0.102. The summed E-state index contributed by atoms with van der Waals surface area (Å²) in [5, 5.41) is 21.2. The fourth-order valence-corrected chi connectivity index (χ4v) is 3.48. The third-order valence-electron chi connectivity index (χ3n) is 5.27. The van der Waals surface area contributed by atoms with E-state index >= 15 is 0 Å². The molecule has 2 amide bonds. The lowest BCUT2D eigenvalue weighted by atomic mass is 9.98. The number of pyridine rings is 1. The summed E-state index contributed by atoms with van der Waals surface area (Å²) < 4.78 is 12.1. The largest absolute Gasteiger partial charge is 0.465 e. The lowest BCUT2D eigenvalue weighted by Gasteiger charge is -2.37. The van der Waals surface area contributed by atoms with Crippen molar-refractivity contribution in [2.45, 2.75) is 12.5 Å². The summed E-state index contributed by atoms with van der Waals surface area (Å²) >= 11 is 0. The molecule has 1 fully saturated rings. The van der Waals surface area contributed by atoms with Crippen molar-refractivity contribution < 1.29 is 24.0 Å². The number of aromatic nitrogens is 4. The molecule has 4 heterocycles. The monoisotopic (exact) mass is 449 g/mol. The van der Waals surface area contributed by atoms with Gasteiger partial charge in [0, 0.05) is 17.6 Å². The molecule has 168 valence electrons. The first kappa shape index (κ1) is 20.5. The van der Waals surface area contributed by atoms with E-state index in [1.807, 2.05) is 31.2 Å². The van der Waals surface area contributed by atoms with Gasteiger partial charge in [0.05, 0.1) is 19.4 Å². The van der Waals surface area contributed by atoms with Crippen molar-refractivity contribution in [3.8, 4) is 0 Å². The number of carboxylic acid groups (broad SMARTS) is 1. The van der Waals surface area contributed by atoms with Crippen molar-refractivity contribution in [1.29, 1.82) is 0 Å². The van der Waals surface area contributed by atoms with E-state index in [0.717, 1.165) is 5.56 Å². The summed E-state index contributed by atoms with van der Waals surface area (Å²) in [5.74, 6) is -0.0549. The summed E-state index contributed by atoms with van der Waals surface area (Å²) in [7, 11) is 0. The standard InChI is InChI=1S/C21H19N7O5/c1-12-5-6-13(23-19-25-18(33-27-19)21(10-32-11-21)26-20(30)31)8-14(12)24-17(29)15-9-22-16-4-2-3-7-28(15)16/h2-9,26H,10-11H2,1H3,(H,23,27)(H,24,29)(H,30,31). The average molecular weight is 449 g/mol. The smallest absolute Gasteiger partial charge is 0.405 e. The number of ether oxygens (including phenoxy) is 1. The van der Waals surface area contributed by atoms with Crippen LogP contribution in [-0.2, 0) is 10.3 Å². The predicted molar refractivity (Wildman–Crippen MR) is 116 cm³/mol. The van der Waals surface area contributed by atoms with Crippen molar-refractivity contribution >= 4 is 35.0 Å². The second-order valence-corrected chi connectivity index (χ2v) is 7.61. The molecule has 4 aromatic rings. The Morgan fingerprint density at radius 3 is 2.82 bits per heavy atom. The number of nitrogens with one attached hydrogen (secondary N) is 3. The first-order valence-corrected chi connectivity index (χ1v) is 9.98. The third-order valence-corrected chi connectivity index (χ3v) is 5.27. The van der Waals surface area contributed by atoms with Crippen molar-refractivity contribution in [1.82, 2.24) is 24.8 Å². The van der Waals surface area contributed by atoms with Crippen LogP contribution in [0, 0.1) is 6.92 Å². The SMILES string of the molecule is Cc1ccc(Nc2noc(C3(NC(=O)O)COC3)n2)cc1NC(=O)c1cnc2ccccn12. The number of carbonyl (C=O) groups is 2. The first-order chi connectivity index (χ1) is 15.9. The van der Waals surface area contributed by atoms with Gasteiger partial charge < -0.3 is 30.3 Å². The number of fused-ring (bicyclic) bond motifs is 1. The lowest BCUT2D eigenvalue weighted by Crippen LogP contribution is -2.59. The number of hydrogen-bond acceptors (Lipinski definition) is 8. The lowest BCUT2D eigenvalue weighted by molar-refractivity contribution is -0.0887. The molecule has 1 aliphatic rings. The number of carbonyl (C=O) groups excluding carboxylic acids is 1. The highest BCUT2D eigenvalue weighted by atomic mass is 16.5. The van der Waals surface area contributed by atoms with Crippen LogP contribution in [0.2, 0.25) is 0 Å². The zero-order valence-electron chi connectivity index (χ0n) is 17.4. The van der Waals surface area contributed by atoms with Gasteiger partial charge in [-0.3, -0.25) is 9.20 Å². The number of anilines is 3. The molecule has 0 spiro atoms. The molecule has 0 bridgehead atoms. The summed E-state index contributed by atoms with van der Waals surface area (Å²) in [4.78, 5) is 32.4. The highest BCUT2D eigenvalue weighted by Gasteiger charge is 2.47. The van der Waals surface area contributed by atoms with Crippen LogP contribution in [0.4, 0.5) is 22.1 Å². The highest BCUT2D eigenvalue weighted by Crippen LogP contribution is 2.30. The van der Waals surface area contributed by atoms with Crippen LogP contribution >= 0.6 is 0 Å². The van der Waals surface area contributed by atoms with Gasteiger partial charge in [-0.25, -0.2) is 9.78 Å². The fraction of sp³-hybridized carbons (Fsp3) is 0.190. The second-order valence-electron chi connectivity index (χ2n) is 7.61. The molecule has 12 nitrogen and oxygen atoms in total. The average Bonchev–Trinajstić information content (AvgIpc) is 3.40. The second kappa shape index (κ2) is 7.91. The molecule has 1 aromatic carbocycles. The minimum Gasteiger partial charge on any atom is -0.465 e. The van der Waals surface area contributed by atoms with Crippen LogP contribution in [0.1, 0.15) is 21.9 Å². The fourth-order valence-electron chi connectivity index (χ4n) is 3.48. The quantitative estimate of drug-likeness (QED) is 0.347. The number of amides is 2. The summed E-state index contributed by atoms with van der Waals surface area (Å²) in [6.45, 7) is 2.08. The molecule has 0 radical (unpaired) electrons. The Labute approximate surface area is 186 Å². The normalized spacial score (nSPS) is 14.5. The maximum Gasteiger partial charge on any atom is 0.405 e. The Balaban J connectivity index is 1.34. The molecule has 4 N–H and O–H groups in total. The predicted octanol–water partition coefficient (Wildman–Crippen LogP) is 2.51. The van der Waals surface area contributed by atoms with Crippen LogP contribution in [-0.4, -0.2) is 49.8 Å². The van der Waals surface area contributed by atoms with Gasteiger partial charge in [0.2, 0.25) is 0 Å². The van der Waals surface area contributed by atoms with Crippen LogP contribution < -0.4 is 16.0 Å². The van der Waals surface area contributed by atoms with Crippen LogP contribution in [0.5, 0.6) is 0 Å². The number of rotatable bonds is 6. The van der Waals surface area contributed by atoms with E-state index in [0.29, 0.717) is 22.7 Å². The van der Waals surface area contributed by atoms with Gasteiger partial charge in [-0.2, -0.15) is 4.98 Å². The van der Waals surface area contributed by atoms with Crippen molar-refractivity contribution in [3.63, 3.8) is 0 Å². The molecule has 0 aliphatic carbocycles. The Bertz CT molecular complexity index is 1360. The maximum absolute atomic E-state index is 12.9. The Kier molecular flexibility index (Phi) is 4.90. The maximum atomic E-state index is 12.9. The molecule has 12 heteroatoms. The third kappa shape index (κ3) is 3.83. The first-order valence-electron chi connectivity index (χ1n) is 9.98. The number of aryl methyl sites for hydroxylation is 1. The molecule has 1 aliphatic heterocycles. The van der Waals surface area contributed by atoms with Gasteiger partial charge >= 0.3 is 6.09 Å². The number of imidazole rings is 1. The van der Waals surface area contributed by atoms with E-state index in [2.05, 4.69) is 31.1 Å². The van der Waals surface area contributed by atoms with E-state index in [-0.39, 0.29) is 31.0 Å². The van der Waals surface area contributed by atoms with Crippen molar-refractivity contribution in [2.75, 3.05) is 23.8 Å². The topological polar surface area (TPSA) is 156 Å². The van der Waals surface area contributed by atoms with Crippen molar-refractivity contribution in [2.24, 2.45) is 0 Å². The molecule has 3 aromatic heterocycles. The van der Waals surface area contributed by atoms with E-state index in [1.54, 1.807) is 22.7 Å². The van der Waals surface area contributed by atoms with E-state index in [4.69, 9.17) is 14.4 Å². The van der Waals surface area contributed by atoms with E-state index in [1.165, 1.54) is 6.20 Å². The zero-order valence-corrected chi connectivity index (χ0v) is 17.4. The summed E-state index contributed by atoms with van der Waals surface area (Å²) in [5.41, 5.74) is 2.08. The highest BCUT2D eigenvalue weighted by molar-refractivity contribution is 6.04. The van der Waals surface area contributed by atoms with Crippen LogP contribution in [0.15, 0.2) is 53.3 Å². The summed E-state index contributed by atoms with van der Waals surface area (Å²) in [6, 6.07) is 10.9. The zero-order chi connectivity index (χ0) is 23.0. The number of hydrogen-bond donors (Lipinski definition) is 4. The Morgan fingerprint density at radius 2 is 2.06 bits per heavy atom. The molecule has 0 atom stereocenters. The molecular formula is C21H19N7O5. The molecule has 0 unspecified atom stereocenters. The number of nitrogens with zero attached hydrogens (tertiary/aromatic N) is 4. The van der Waals surface area contributed by atoms with Crippen molar-refractivity contribution in [3.05, 3.63) is 65.9 Å². The van der Waals surface area contributed by atoms with Gasteiger partial charge in [0.15, 0.2) is 5.54 Å². The van der Waals surface area contributed by atoms with Gasteiger partial charge in [-0.15, -0.1) is 0 Å². The molecule has 1 saturated heterocycles. The van der Waals surface area contributed by atoms with Gasteiger partial charge in [-0.05, 0) is 41.9 Å². The van der Waals surface area contributed by atoms with E-state index < -0.39 is 11.6 Å². The molecular weight excluding hydrogens is 430 g/mol. The summed E-state index contributed by atoms with van der Waals surface area (Å²) in [6.07, 6.45) is 2.08. The number of benzene rings is 1. The molecule has 5 rings (SSSR count). The van der Waals surface area contributed by atoms with Crippen LogP contribution in [0.25, 0.3) is 5.65 Å². The minimum atomic E-state index is -1.21. The molecule has 0 saturated carbocycles. The van der Waals surface area contributed by atoms with E-state index in [9.17, 15) is 9.59 Å².